The third kappa shape index (κ3) is 5.88. The topological polar surface area (TPSA) is 99.3 Å². The average Bonchev–Trinajstić information content (AvgIpc) is 3.56. The van der Waals surface area contributed by atoms with E-state index in [1.165, 1.54) is 31.4 Å². The van der Waals surface area contributed by atoms with Gasteiger partial charge in [-0.3, -0.25) is 9.89 Å². The molecule has 0 aliphatic heterocycles. The Bertz CT molecular complexity index is 1310. The van der Waals surface area contributed by atoms with Crippen molar-refractivity contribution in [1.29, 1.82) is 0 Å². The molecule has 0 amide bonds. The van der Waals surface area contributed by atoms with E-state index in [0.717, 1.165) is 52.9 Å². The zero-order chi connectivity index (χ0) is 24.2. The van der Waals surface area contributed by atoms with Crippen LogP contribution in [0.1, 0.15) is 25.3 Å². The summed E-state index contributed by atoms with van der Waals surface area (Å²) in [6.07, 6.45) is 2.72. The number of aromatic hydroxyl groups is 1. The Morgan fingerprint density at radius 2 is 1.77 bits per heavy atom. The summed E-state index contributed by atoms with van der Waals surface area (Å²) in [4.78, 5) is 11.4. The molecule has 1 saturated carbocycles. The molecule has 0 spiro atoms. The average molecular weight is 469 g/mol. The zero-order valence-corrected chi connectivity index (χ0v) is 19.5. The van der Waals surface area contributed by atoms with Crippen molar-refractivity contribution in [3.8, 4) is 33.9 Å². The summed E-state index contributed by atoms with van der Waals surface area (Å²) in [5.41, 5.74) is 5.70. The van der Waals surface area contributed by atoms with E-state index < -0.39 is 5.97 Å². The van der Waals surface area contributed by atoms with Crippen LogP contribution in [-0.2, 0) is 11.3 Å². The van der Waals surface area contributed by atoms with E-state index in [1.54, 1.807) is 12.1 Å². The fourth-order valence-electron chi connectivity index (χ4n) is 3.95. The normalized spacial score (nSPS) is 12.9. The lowest BCUT2D eigenvalue weighted by Gasteiger charge is -2.10. The molecule has 178 valence electrons. The molecule has 7 nitrogen and oxygen atoms in total. The Labute approximate surface area is 204 Å². The predicted molar refractivity (Wildman–Crippen MR) is 137 cm³/mol. The highest BCUT2D eigenvalue weighted by atomic mass is 16.5. The number of phenolic OH excluding ortho intramolecular Hbond substituents is 1. The maximum atomic E-state index is 11.4. The van der Waals surface area contributed by atoms with E-state index in [9.17, 15) is 9.90 Å². The van der Waals surface area contributed by atoms with E-state index in [4.69, 9.17) is 4.74 Å². The van der Waals surface area contributed by atoms with Crippen LogP contribution >= 0.6 is 0 Å². The minimum atomic E-state index is -0.439. The van der Waals surface area contributed by atoms with Crippen molar-refractivity contribution in [2.45, 2.75) is 26.3 Å². The molecule has 0 unspecified atom stereocenters. The largest absolute Gasteiger partial charge is 0.508 e. The van der Waals surface area contributed by atoms with Gasteiger partial charge in [0.1, 0.15) is 11.5 Å². The standard InChI is InChI=1S/C28H28N4O3/c1-18(33)35-27-14-24(34)12-13-25(27)21-6-8-22(9-7-21)26-15-28(32-31-26)30-23-10-4-20(5-11-23)17-29-16-19-2-3-19/h4-15,19,29,34H,2-3,16-17H2,1H3,(H2,30,31,32). The van der Waals surface area contributed by atoms with E-state index in [0.29, 0.717) is 5.75 Å². The van der Waals surface area contributed by atoms with Gasteiger partial charge in [-0.2, -0.15) is 5.10 Å². The second-order valence-corrected chi connectivity index (χ2v) is 8.91. The first-order valence-corrected chi connectivity index (χ1v) is 11.8. The number of nitrogens with one attached hydrogen (secondary N) is 3. The number of hydrogen-bond acceptors (Lipinski definition) is 6. The number of hydrogen-bond donors (Lipinski definition) is 4. The molecule has 7 heteroatoms. The first kappa shape index (κ1) is 22.7. The van der Waals surface area contributed by atoms with Gasteiger partial charge in [0.05, 0.1) is 5.69 Å². The third-order valence-corrected chi connectivity index (χ3v) is 5.99. The molecule has 0 radical (unpaired) electrons. The number of nitrogens with zero attached hydrogens (tertiary/aromatic N) is 1. The van der Waals surface area contributed by atoms with Gasteiger partial charge < -0.3 is 20.5 Å². The van der Waals surface area contributed by atoms with Crippen LogP contribution in [0.15, 0.2) is 72.8 Å². The summed E-state index contributed by atoms with van der Waals surface area (Å²) < 4.78 is 5.27. The Kier molecular flexibility index (Phi) is 6.50. The molecule has 35 heavy (non-hydrogen) atoms. The lowest BCUT2D eigenvalue weighted by molar-refractivity contribution is -0.131. The maximum Gasteiger partial charge on any atom is 0.308 e. The van der Waals surface area contributed by atoms with Crippen LogP contribution in [0.3, 0.4) is 0 Å². The van der Waals surface area contributed by atoms with Crippen LogP contribution in [-0.4, -0.2) is 27.8 Å². The molecule has 1 aliphatic carbocycles. The number of ether oxygens (including phenoxy) is 1. The molecule has 1 aromatic heterocycles. The van der Waals surface area contributed by atoms with E-state index in [2.05, 4.69) is 45.1 Å². The van der Waals surface area contributed by atoms with Crippen LogP contribution in [0.25, 0.3) is 22.4 Å². The van der Waals surface area contributed by atoms with Gasteiger partial charge in [0.15, 0.2) is 5.82 Å². The van der Waals surface area contributed by atoms with Crippen LogP contribution in [0, 0.1) is 5.92 Å². The highest BCUT2D eigenvalue weighted by molar-refractivity contribution is 5.78. The Morgan fingerprint density at radius 1 is 1.03 bits per heavy atom. The summed E-state index contributed by atoms with van der Waals surface area (Å²) in [6.45, 7) is 3.34. The number of phenols is 1. The van der Waals surface area contributed by atoms with Gasteiger partial charge in [0.25, 0.3) is 0 Å². The molecule has 1 aliphatic rings. The van der Waals surface area contributed by atoms with E-state index in [-0.39, 0.29) is 5.75 Å². The maximum absolute atomic E-state index is 11.4. The van der Waals surface area contributed by atoms with Gasteiger partial charge in [-0.05, 0) is 66.3 Å². The molecule has 1 heterocycles. The summed E-state index contributed by atoms with van der Waals surface area (Å²) in [6, 6.07) is 22.9. The summed E-state index contributed by atoms with van der Waals surface area (Å²) >= 11 is 0. The molecule has 0 bridgehead atoms. The Balaban J connectivity index is 1.24. The molecule has 4 N–H and O–H groups in total. The lowest BCUT2D eigenvalue weighted by atomic mass is 10.0. The smallest absolute Gasteiger partial charge is 0.308 e. The molecule has 1 fully saturated rings. The summed E-state index contributed by atoms with van der Waals surface area (Å²) in [7, 11) is 0. The third-order valence-electron chi connectivity index (χ3n) is 5.99. The number of carbonyl (C=O) groups excluding carboxylic acids is 1. The number of aromatic amines is 1. The SMILES string of the molecule is CC(=O)Oc1cc(O)ccc1-c1ccc(-c2cc(Nc3ccc(CNCC4CC4)cc3)n[nH]2)cc1. The minimum absolute atomic E-state index is 0.0407. The van der Waals surface area contributed by atoms with Crippen molar-refractivity contribution >= 4 is 17.5 Å². The van der Waals surface area contributed by atoms with Crippen LogP contribution < -0.4 is 15.4 Å². The molecule has 3 aromatic carbocycles. The number of anilines is 2. The van der Waals surface area contributed by atoms with E-state index in [1.807, 2.05) is 30.3 Å². The number of H-pyrrole nitrogens is 1. The number of rotatable bonds is 9. The second kappa shape index (κ2) is 10.0. The molecule has 4 aromatic rings. The van der Waals surface area contributed by atoms with Gasteiger partial charge in [-0.1, -0.05) is 36.4 Å². The molecular weight excluding hydrogens is 440 g/mol. The molecule has 0 saturated heterocycles. The first-order chi connectivity index (χ1) is 17.0. The molecule has 5 rings (SSSR count). The van der Waals surface area contributed by atoms with Gasteiger partial charge in [0, 0.05) is 36.9 Å². The van der Waals surface area contributed by atoms with Crippen molar-refractivity contribution in [2.75, 3.05) is 11.9 Å². The number of esters is 1. The summed E-state index contributed by atoms with van der Waals surface area (Å²) in [5, 5.41) is 24.1. The van der Waals surface area contributed by atoms with Crippen molar-refractivity contribution in [3.63, 3.8) is 0 Å². The number of carbonyl (C=O) groups is 1. The zero-order valence-electron chi connectivity index (χ0n) is 19.5. The van der Waals surface area contributed by atoms with Crippen molar-refractivity contribution in [2.24, 2.45) is 5.92 Å². The Hall–Kier alpha value is -4.10. The second-order valence-electron chi connectivity index (χ2n) is 8.91. The fraction of sp³-hybridized carbons (Fsp3) is 0.214. The van der Waals surface area contributed by atoms with Crippen molar-refractivity contribution in [1.82, 2.24) is 15.5 Å². The summed E-state index contributed by atoms with van der Waals surface area (Å²) in [5.74, 6) is 1.54. The minimum Gasteiger partial charge on any atom is -0.508 e. The van der Waals surface area contributed by atoms with Gasteiger partial charge >= 0.3 is 5.97 Å². The number of aromatic nitrogens is 2. The van der Waals surface area contributed by atoms with Gasteiger partial charge in [0.2, 0.25) is 0 Å². The van der Waals surface area contributed by atoms with Crippen LogP contribution in [0.4, 0.5) is 11.5 Å². The lowest BCUT2D eigenvalue weighted by Crippen LogP contribution is -2.15. The highest BCUT2D eigenvalue weighted by Crippen LogP contribution is 2.34. The quantitative estimate of drug-likeness (QED) is 0.188. The molecular formula is C28H28N4O3. The fourth-order valence-corrected chi connectivity index (χ4v) is 3.95. The molecule has 0 atom stereocenters. The van der Waals surface area contributed by atoms with Crippen LogP contribution in [0.5, 0.6) is 11.5 Å². The van der Waals surface area contributed by atoms with Crippen LogP contribution in [0.2, 0.25) is 0 Å². The first-order valence-electron chi connectivity index (χ1n) is 11.8. The van der Waals surface area contributed by atoms with E-state index >= 15 is 0 Å². The van der Waals surface area contributed by atoms with Gasteiger partial charge in [-0.25, -0.2) is 0 Å². The Morgan fingerprint density at radius 3 is 2.49 bits per heavy atom. The monoisotopic (exact) mass is 468 g/mol. The van der Waals surface area contributed by atoms with Crippen molar-refractivity contribution in [3.05, 3.63) is 78.4 Å². The predicted octanol–water partition coefficient (Wildman–Crippen LogP) is 5.62. The number of benzene rings is 3. The van der Waals surface area contributed by atoms with Gasteiger partial charge in [-0.15, -0.1) is 0 Å². The highest BCUT2D eigenvalue weighted by Gasteiger charge is 2.20. The van der Waals surface area contributed by atoms with Crippen molar-refractivity contribution < 1.29 is 14.6 Å².